The highest BCUT2D eigenvalue weighted by atomic mass is 16.5. The van der Waals surface area contributed by atoms with Crippen molar-refractivity contribution in [1.29, 1.82) is 0 Å². The van der Waals surface area contributed by atoms with Crippen LogP contribution in [0.2, 0.25) is 0 Å². The molecule has 26 heavy (non-hydrogen) atoms. The van der Waals surface area contributed by atoms with Crippen LogP contribution in [-0.2, 0) is 23.4 Å². The molecular weight excluding hydrogens is 322 g/mol. The molecule has 2 heterocycles. The number of hydrogen-bond acceptors (Lipinski definition) is 3. The van der Waals surface area contributed by atoms with Crippen LogP contribution in [0.3, 0.4) is 0 Å². The van der Waals surface area contributed by atoms with Gasteiger partial charge in [0.1, 0.15) is 0 Å². The number of benzene rings is 2. The highest BCUT2D eigenvalue weighted by molar-refractivity contribution is 6.12. The lowest BCUT2D eigenvalue weighted by molar-refractivity contribution is 0.0903. The van der Waals surface area contributed by atoms with Gasteiger partial charge in [0.2, 0.25) is 0 Å². The standard InChI is InChI=1S/C23H19NO2/c1-23(2)21-19(15-10-6-7-11-16(15)22(23)25)17-12-26-13-18(17)20(24-21)14-8-4-3-5-9-14/h3-11H,12-13H2,1-2H3. The number of nitrogens with zero attached hydrogens (tertiary/aromatic N) is 1. The summed E-state index contributed by atoms with van der Waals surface area (Å²) < 4.78 is 5.83. The molecule has 0 atom stereocenters. The monoisotopic (exact) mass is 341 g/mol. The van der Waals surface area contributed by atoms with Crippen molar-refractivity contribution in [1.82, 2.24) is 4.98 Å². The van der Waals surface area contributed by atoms with Gasteiger partial charge in [0.05, 0.1) is 30.0 Å². The van der Waals surface area contributed by atoms with E-state index in [2.05, 4.69) is 12.1 Å². The number of pyridine rings is 1. The minimum absolute atomic E-state index is 0.131. The molecule has 128 valence electrons. The Labute approximate surface area is 152 Å². The first-order chi connectivity index (χ1) is 12.6. The second-order valence-corrected chi connectivity index (χ2v) is 7.50. The molecule has 1 aromatic heterocycles. The van der Waals surface area contributed by atoms with Crippen molar-refractivity contribution in [3.05, 3.63) is 77.0 Å². The number of ether oxygens (including phenoxy) is 1. The number of carbonyl (C=O) groups is 1. The van der Waals surface area contributed by atoms with Crippen molar-refractivity contribution in [3.8, 4) is 22.4 Å². The van der Waals surface area contributed by atoms with E-state index < -0.39 is 5.41 Å². The van der Waals surface area contributed by atoms with E-state index >= 15 is 0 Å². The van der Waals surface area contributed by atoms with Crippen LogP contribution in [0.25, 0.3) is 22.4 Å². The third kappa shape index (κ3) is 1.98. The van der Waals surface area contributed by atoms with Crippen molar-refractivity contribution < 1.29 is 9.53 Å². The van der Waals surface area contributed by atoms with E-state index in [4.69, 9.17) is 9.72 Å². The van der Waals surface area contributed by atoms with E-state index in [1.165, 1.54) is 5.56 Å². The van der Waals surface area contributed by atoms with Gasteiger partial charge < -0.3 is 4.74 Å². The fraction of sp³-hybridized carbons (Fsp3) is 0.217. The first-order valence-electron chi connectivity index (χ1n) is 8.92. The smallest absolute Gasteiger partial charge is 0.175 e. The number of aromatic nitrogens is 1. The molecule has 1 aliphatic carbocycles. The summed E-state index contributed by atoms with van der Waals surface area (Å²) in [5.74, 6) is 0.131. The molecule has 0 fully saturated rings. The molecule has 0 radical (unpaired) electrons. The summed E-state index contributed by atoms with van der Waals surface area (Å²) in [5.41, 5.74) is 7.41. The summed E-state index contributed by atoms with van der Waals surface area (Å²) in [4.78, 5) is 18.2. The van der Waals surface area contributed by atoms with Gasteiger partial charge in [0, 0.05) is 22.3 Å². The number of carbonyl (C=O) groups excluding carboxylic acids is 1. The topological polar surface area (TPSA) is 39.2 Å². The summed E-state index contributed by atoms with van der Waals surface area (Å²) in [6, 6.07) is 18.1. The van der Waals surface area contributed by atoms with Gasteiger partial charge in [0.15, 0.2) is 5.78 Å². The lowest BCUT2D eigenvalue weighted by Gasteiger charge is -2.33. The van der Waals surface area contributed by atoms with Gasteiger partial charge in [-0.15, -0.1) is 0 Å². The second kappa shape index (κ2) is 5.36. The average Bonchev–Trinajstić information content (AvgIpc) is 3.16. The maximum atomic E-state index is 13.2. The number of fused-ring (bicyclic) bond motifs is 5. The van der Waals surface area contributed by atoms with Crippen molar-refractivity contribution >= 4 is 5.78 Å². The molecule has 5 rings (SSSR count). The molecular formula is C23H19NO2. The van der Waals surface area contributed by atoms with Gasteiger partial charge in [-0.05, 0) is 25.0 Å². The zero-order chi connectivity index (χ0) is 17.9. The highest BCUT2D eigenvalue weighted by Gasteiger charge is 2.42. The average molecular weight is 341 g/mol. The van der Waals surface area contributed by atoms with Crippen molar-refractivity contribution in [2.75, 3.05) is 0 Å². The lowest BCUT2D eigenvalue weighted by Crippen LogP contribution is -2.35. The van der Waals surface area contributed by atoms with Gasteiger partial charge in [-0.2, -0.15) is 0 Å². The second-order valence-electron chi connectivity index (χ2n) is 7.50. The van der Waals surface area contributed by atoms with E-state index in [-0.39, 0.29) is 5.78 Å². The maximum absolute atomic E-state index is 13.2. The SMILES string of the molecule is CC1(C)C(=O)c2ccccc2-c2c1nc(-c1ccccc1)c1c2COC1. The van der Waals surface area contributed by atoms with E-state index in [1.54, 1.807) is 0 Å². The predicted octanol–water partition coefficient (Wildman–Crippen LogP) is 4.92. The first-order valence-corrected chi connectivity index (χ1v) is 8.92. The summed E-state index contributed by atoms with van der Waals surface area (Å²) in [5, 5.41) is 0. The molecule has 2 aliphatic rings. The zero-order valence-electron chi connectivity index (χ0n) is 14.9. The molecule has 3 aromatic rings. The van der Waals surface area contributed by atoms with Gasteiger partial charge in [-0.25, -0.2) is 0 Å². The molecule has 3 nitrogen and oxygen atoms in total. The third-order valence-corrected chi connectivity index (χ3v) is 5.55. The molecule has 0 N–H and O–H groups in total. The lowest BCUT2D eigenvalue weighted by atomic mass is 9.70. The molecule has 0 spiro atoms. The molecule has 0 amide bonds. The molecule has 0 saturated heterocycles. The van der Waals surface area contributed by atoms with Gasteiger partial charge in [0.25, 0.3) is 0 Å². The number of Topliss-reactive ketones (excluding diaryl/α,β-unsaturated/α-hetero) is 1. The Morgan fingerprint density at radius 1 is 0.885 bits per heavy atom. The van der Waals surface area contributed by atoms with E-state index in [0.717, 1.165) is 39.2 Å². The molecule has 1 aliphatic heterocycles. The number of rotatable bonds is 1. The van der Waals surface area contributed by atoms with Crippen LogP contribution in [-0.4, -0.2) is 10.8 Å². The van der Waals surface area contributed by atoms with Gasteiger partial charge in [-0.3, -0.25) is 9.78 Å². The molecule has 0 unspecified atom stereocenters. The van der Waals surface area contributed by atoms with Crippen molar-refractivity contribution in [3.63, 3.8) is 0 Å². The van der Waals surface area contributed by atoms with Crippen molar-refractivity contribution in [2.45, 2.75) is 32.5 Å². The molecule has 0 bridgehead atoms. The van der Waals surface area contributed by atoms with Crippen LogP contribution in [0.5, 0.6) is 0 Å². The largest absolute Gasteiger partial charge is 0.372 e. The maximum Gasteiger partial charge on any atom is 0.175 e. The van der Waals surface area contributed by atoms with Crippen LogP contribution >= 0.6 is 0 Å². The van der Waals surface area contributed by atoms with E-state index in [0.29, 0.717) is 13.2 Å². The van der Waals surface area contributed by atoms with E-state index in [9.17, 15) is 4.79 Å². The number of ketones is 1. The zero-order valence-corrected chi connectivity index (χ0v) is 14.9. The van der Waals surface area contributed by atoms with Crippen LogP contribution in [0.4, 0.5) is 0 Å². The fourth-order valence-corrected chi connectivity index (χ4v) is 4.16. The Hall–Kier alpha value is -2.78. The van der Waals surface area contributed by atoms with Gasteiger partial charge >= 0.3 is 0 Å². The Morgan fingerprint density at radius 2 is 1.54 bits per heavy atom. The Morgan fingerprint density at radius 3 is 2.31 bits per heavy atom. The van der Waals surface area contributed by atoms with Crippen LogP contribution in [0.15, 0.2) is 54.6 Å². The van der Waals surface area contributed by atoms with E-state index in [1.807, 2.05) is 56.3 Å². The molecule has 3 heteroatoms. The summed E-state index contributed by atoms with van der Waals surface area (Å²) in [6.45, 7) is 5.09. The Balaban J connectivity index is 1.90. The predicted molar refractivity (Wildman–Crippen MR) is 101 cm³/mol. The Bertz CT molecular complexity index is 1050. The summed E-state index contributed by atoms with van der Waals surface area (Å²) >= 11 is 0. The van der Waals surface area contributed by atoms with Crippen LogP contribution < -0.4 is 0 Å². The summed E-state index contributed by atoms with van der Waals surface area (Å²) in [6.07, 6.45) is 0. The molecule has 2 aromatic carbocycles. The number of hydrogen-bond donors (Lipinski definition) is 0. The first kappa shape index (κ1) is 15.5. The van der Waals surface area contributed by atoms with Crippen molar-refractivity contribution in [2.24, 2.45) is 0 Å². The summed E-state index contributed by atoms with van der Waals surface area (Å²) in [7, 11) is 0. The fourth-order valence-electron chi connectivity index (χ4n) is 4.16. The quantitative estimate of drug-likeness (QED) is 0.631. The highest BCUT2D eigenvalue weighted by Crippen LogP contribution is 2.47. The van der Waals surface area contributed by atoms with Gasteiger partial charge in [-0.1, -0.05) is 54.6 Å². The minimum atomic E-state index is -0.662. The molecule has 0 saturated carbocycles. The normalized spacial score (nSPS) is 16.8. The minimum Gasteiger partial charge on any atom is -0.372 e. The van der Waals surface area contributed by atoms with Crippen LogP contribution in [0, 0.1) is 0 Å². The third-order valence-electron chi connectivity index (χ3n) is 5.55. The van der Waals surface area contributed by atoms with Crippen LogP contribution in [0.1, 0.15) is 41.0 Å². The Kier molecular flexibility index (Phi) is 3.19.